The number of carbonyl (C=O) groups excluding carboxylic acids is 1. The van der Waals surface area contributed by atoms with Crippen LogP contribution in [0.25, 0.3) is 0 Å². The van der Waals surface area contributed by atoms with Crippen LogP contribution in [0.3, 0.4) is 0 Å². The van der Waals surface area contributed by atoms with Crippen LogP contribution in [0.15, 0.2) is 66.7 Å². The molecule has 1 aliphatic rings. The van der Waals surface area contributed by atoms with Crippen molar-refractivity contribution >= 4 is 23.5 Å². The van der Waals surface area contributed by atoms with E-state index in [-0.39, 0.29) is 24.7 Å². The third kappa shape index (κ3) is 7.07. The summed E-state index contributed by atoms with van der Waals surface area (Å²) in [5.41, 5.74) is 3.60. The molecule has 0 radical (unpaired) electrons. The maximum absolute atomic E-state index is 13.2. The third-order valence-corrected chi connectivity index (χ3v) is 7.12. The summed E-state index contributed by atoms with van der Waals surface area (Å²) in [7, 11) is 0. The van der Waals surface area contributed by atoms with Gasteiger partial charge in [-0.25, -0.2) is 0 Å². The van der Waals surface area contributed by atoms with E-state index in [0.29, 0.717) is 22.3 Å². The van der Waals surface area contributed by atoms with Gasteiger partial charge in [-0.05, 0) is 84.8 Å². The highest BCUT2D eigenvalue weighted by molar-refractivity contribution is 6.30. The SMILES string of the molecule is CC(C)c1ccc(C[C@]2(C)CCc3cc(C(=O)N(CCOc4ccc(Cl)cc4)CC(=O)O)ccc3O2)cc1. The number of nitrogens with zero attached hydrogens (tertiary/aromatic N) is 1. The molecule has 1 amide bonds. The minimum Gasteiger partial charge on any atom is -0.492 e. The highest BCUT2D eigenvalue weighted by Crippen LogP contribution is 2.36. The first-order valence-corrected chi connectivity index (χ1v) is 13.3. The third-order valence-electron chi connectivity index (χ3n) is 6.87. The van der Waals surface area contributed by atoms with Crippen LogP contribution < -0.4 is 9.47 Å². The fourth-order valence-electron chi connectivity index (χ4n) is 4.70. The molecule has 3 aromatic carbocycles. The number of carboxylic acid groups (broad SMARTS) is 1. The first-order valence-electron chi connectivity index (χ1n) is 12.9. The molecule has 1 heterocycles. The molecule has 0 saturated carbocycles. The lowest BCUT2D eigenvalue weighted by atomic mass is 9.86. The van der Waals surface area contributed by atoms with Gasteiger partial charge < -0.3 is 19.5 Å². The maximum Gasteiger partial charge on any atom is 0.323 e. The second kappa shape index (κ2) is 11.9. The van der Waals surface area contributed by atoms with Crippen LogP contribution in [-0.2, 0) is 17.6 Å². The molecule has 200 valence electrons. The Hall–Kier alpha value is -3.51. The van der Waals surface area contributed by atoms with Crippen LogP contribution in [0.4, 0.5) is 0 Å². The zero-order valence-electron chi connectivity index (χ0n) is 22.1. The van der Waals surface area contributed by atoms with Crippen molar-refractivity contribution in [2.45, 2.75) is 51.6 Å². The Morgan fingerprint density at radius 3 is 2.45 bits per heavy atom. The van der Waals surface area contributed by atoms with E-state index in [1.54, 1.807) is 30.3 Å². The molecule has 7 heteroatoms. The zero-order chi connectivity index (χ0) is 27.3. The van der Waals surface area contributed by atoms with Gasteiger partial charge in [0, 0.05) is 17.0 Å². The number of carbonyl (C=O) groups is 2. The fraction of sp³-hybridized carbons (Fsp3) is 0.355. The Kier molecular flexibility index (Phi) is 8.62. The largest absolute Gasteiger partial charge is 0.492 e. The number of benzene rings is 3. The molecule has 0 unspecified atom stereocenters. The summed E-state index contributed by atoms with van der Waals surface area (Å²) in [6.07, 6.45) is 2.39. The monoisotopic (exact) mass is 535 g/mol. The van der Waals surface area contributed by atoms with Crippen molar-refractivity contribution in [3.05, 3.63) is 94.0 Å². The number of ether oxygens (including phenoxy) is 2. The van der Waals surface area contributed by atoms with Crippen molar-refractivity contribution in [3.63, 3.8) is 0 Å². The van der Waals surface area contributed by atoms with Crippen molar-refractivity contribution in [3.8, 4) is 11.5 Å². The second-order valence-corrected chi connectivity index (χ2v) is 10.8. The number of amides is 1. The fourth-order valence-corrected chi connectivity index (χ4v) is 4.83. The molecule has 0 bridgehead atoms. The Labute approximate surface area is 229 Å². The van der Waals surface area contributed by atoms with Gasteiger partial charge in [0.1, 0.15) is 30.3 Å². The molecule has 1 N–H and O–H groups in total. The van der Waals surface area contributed by atoms with Crippen molar-refractivity contribution in [1.29, 1.82) is 0 Å². The molecule has 38 heavy (non-hydrogen) atoms. The Bertz CT molecular complexity index is 1270. The van der Waals surface area contributed by atoms with Gasteiger partial charge >= 0.3 is 5.97 Å². The molecule has 0 saturated heterocycles. The van der Waals surface area contributed by atoms with Gasteiger partial charge in [-0.3, -0.25) is 9.59 Å². The van der Waals surface area contributed by atoms with E-state index < -0.39 is 12.5 Å². The Morgan fingerprint density at radius 2 is 1.79 bits per heavy atom. The molecule has 4 rings (SSSR count). The van der Waals surface area contributed by atoms with Crippen molar-refractivity contribution < 1.29 is 24.2 Å². The quantitative estimate of drug-likeness (QED) is 0.325. The van der Waals surface area contributed by atoms with Gasteiger partial charge in [0.05, 0.1) is 6.54 Å². The van der Waals surface area contributed by atoms with E-state index in [2.05, 4.69) is 45.0 Å². The summed E-state index contributed by atoms with van der Waals surface area (Å²) in [6.45, 7) is 6.38. The van der Waals surface area contributed by atoms with Gasteiger partial charge in [0.2, 0.25) is 0 Å². The average Bonchev–Trinajstić information content (AvgIpc) is 2.88. The van der Waals surface area contributed by atoms with Gasteiger partial charge in [0.15, 0.2) is 0 Å². The second-order valence-electron chi connectivity index (χ2n) is 10.4. The number of hydrogen-bond acceptors (Lipinski definition) is 4. The predicted molar refractivity (Wildman–Crippen MR) is 149 cm³/mol. The highest BCUT2D eigenvalue weighted by atomic mass is 35.5. The van der Waals surface area contributed by atoms with Crippen LogP contribution in [0.5, 0.6) is 11.5 Å². The molecule has 1 atom stereocenters. The number of aryl methyl sites for hydroxylation is 1. The normalized spacial score (nSPS) is 16.4. The van der Waals surface area contributed by atoms with Gasteiger partial charge in [-0.15, -0.1) is 0 Å². The summed E-state index contributed by atoms with van der Waals surface area (Å²) in [5.74, 6) is 0.431. The van der Waals surface area contributed by atoms with Gasteiger partial charge in [0.25, 0.3) is 5.91 Å². The van der Waals surface area contributed by atoms with Crippen LogP contribution in [0, 0.1) is 0 Å². The average molecular weight is 536 g/mol. The number of halogens is 1. The number of hydrogen-bond donors (Lipinski definition) is 1. The van der Waals surface area contributed by atoms with Crippen molar-refractivity contribution in [2.75, 3.05) is 19.7 Å². The van der Waals surface area contributed by atoms with Crippen LogP contribution in [0.1, 0.15) is 60.2 Å². The summed E-state index contributed by atoms with van der Waals surface area (Å²) in [6, 6.07) is 20.9. The lowest BCUT2D eigenvalue weighted by molar-refractivity contribution is -0.137. The summed E-state index contributed by atoms with van der Waals surface area (Å²) in [4.78, 5) is 26.0. The zero-order valence-corrected chi connectivity index (χ0v) is 22.8. The van der Waals surface area contributed by atoms with Crippen LogP contribution in [-0.4, -0.2) is 47.2 Å². The number of carboxylic acids is 1. The summed E-state index contributed by atoms with van der Waals surface area (Å²) in [5, 5.41) is 9.96. The number of aliphatic carboxylic acids is 1. The lowest BCUT2D eigenvalue weighted by Crippen LogP contribution is -2.39. The summed E-state index contributed by atoms with van der Waals surface area (Å²) < 4.78 is 12.1. The standard InChI is InChI=1S/C31H34ClNO5/c1-21(2)23-6-4-22(5-7-23)19-31(3)15-14-24-18-25(8-13-28(24)38-31)30(36)33(20-29(34)35)16-17-37-27-11-9-26(32)10-12-27/h4-13,18,21H,14-17,19-20H2,1-3H3,(H,34,35)/t31-/m0/s1. The molecule has 6 nitrogen and oxygen atoms in total. The Morgan fingerprint density at radius 1 is 1.08 bits per heavy atom. The van der Waals surface area contributed by atoms with Gasteiger partial charge in [-0.1, -0.05) is 49.7 Å². The highest BCUT2D eigenvalue weighted by Gasteiger charge is 2.32. The smallest absolute Gasteiger partial charge is 0.323 e. The van der Waals surface area contributed by atoms with E-state index in [1.165, 1.54) is 16.0 Å². The molecule has 0 spiro atoms. The minimum absolute atomic E-state index is 0.134. The molecule has 1 aliphatic heterocycles. The molecular weight excluding hydrogens is 502 g/mol. The van der Waals surface area contributed by atoms with Crippen molar-refractivity contribution in [2.24, 2.45) is 0 Å². The number of fused-ring (bicyclic) bond motifs is 1. The lowest BCUT2D eigenvalue weighted by Gasteiger charge is -2.36. The van der Waals surface area contributed by atoms with E-state index in [4.69, 9.17) is 21.1 Å². The summed E-state index contributed by atoms with van der Waals surface area (Å²) >= 11 is 5.90. The molecule has 3 aromatic rings. The molecule has 0 aliphatic carbocycles. The van der Waals surface area contributed by atoms with E-state index in [0.717, 1.165) is 30.6 Å². The van der Waals surface area contributed by atoms with Crippen molar-refractivity contribution in [1.82, 2.24) is 4.90 Å². The van der Waals surface area contributed by atoms with Gasteiger partial charge in [-0.2, -0.15) is 0 Å². The van der Waals surface area contributed by atoms with Crippen LogP contribution in [0.2, 0.25) is 5.02 Å². The Balaban J connectivity index is 1.41. The van der Waals surface area contributed by atoms with E-state index in [1.807, 2.05) is 12.1 Å². The maximum atomic E-state index is 13.2. The predicted octanol–water partition coefficient (Wildman–Crippen LogP) is 6.40. The van der Waals surface area contributed by atoms with E-state index in [9.17, 15) is 14.7 Å². The topological polar surface area (TPSA) is 76.1 Å². The first kappa shape index (κ1) is 27.5. The van der Waals surface area contributed by atoms with Crippen LogP contribution >= 0.6 is 11.6 Å². The first-order chi connectivity index (χ1) is 18.1. The van der Waals surface area contributed by atoms with E-state index >= 15 is 0 Å². The number of rotatable bonds is 10. The molecular formula is C31H34ClNO5. The molecule has 0 aromatic heterocycles. The molecule has 0 fully saturated rings. The minimum atomic E-state index is -1.08.